The Morgan fingerprint density at radius 1 is 1.31 bits per heavy atom. The van der Waals surface area contributed by atoms with Crippen LogP contribution in [-0.2, 0) is 16.1 Å². The molecule has 1 unspecified atom stereocenters. The van der Waals surface area contributed by atoms with Gasteiger partial charge in [-0.1, -0.05) is 12.1 Å². The Morgan fingerprint density at radius 2 is 2.07 bits per heavy atom. The van der Waals surface area contributed by atoms with Crippen molar-refractivity contribution in [1.29, 1.82) is 0 Å². The lowest BCUT2D eigenvalue weighted by molar-refractivity contribution is -0.188. The van der Waals surface area contributed by atoms with Gasteiger partial charge in [0.2, 0.25) is 11.8 Å². The van der Waals surface area contributed by atoms with Crippen LogP contribution in [-0.4, -0.2) is 58.6 Å². The van der Waals surface area contributed by atoms with E-state index in [1.807, 2.05) is 0 Å². The minimum absolute atomic E-state index is 0.0951. The van der Waals surface area contributed by atoms with Gasteiger partial charge in [0.15, 0.2) is 0 Å². The van der Waals surface area contributed by atoms with Gasteiger partial charge in [-0.15, -0.1) is 0 Å². The van der Waals surface area contributed by atoms with Gasteiger partial charge in [0.05, 0.1) is 6.54 Å². The van der Waals surface area contributed by atoms with Crippen molar-refractivity contribution in [2.75, 3.05) is 19.7 Å². The van der Waals surface area contributed by atoms with Crippen molar-refractivity contribution in [3.63, 3.8) is 0 Å². The minimum atomic E-state index is -4.67. The highest BCUT2D eigenvalue weighted by atomic mass is 19.4. The number of carbonyl (C=O) groups excluding carboxylic acids is 3. The third-order valence-electron chi connectivity index (χ3n) is 4.70. The van der Waals surface area contributed by atoms with E-state index >= 15 is 0 Å². The van der Waals surface area contributed by atoms with Crippen LogP contribution in [0.1, 0.15) is 22.3 Å². The summed E-state index contributed by atoms with van der Waals surface area (Å²) in [5.41, 5.74) is 2.25. The maximum absolute atomic E-state index is 13.0. The Kier molecular flexibility index (Phi) is 5.78. The summed E-state index contributed by atoms with van der Waals surface area (Å²) < 4.78 is 44.4. The highest BCUT2D eigenvalue weighted by molar-refractivity contribution is 5.94. The summed E-state index contributed by atoms with van der Waals surface area (Å²) in [7, 11) is 0. The van der Waals surface area contributed by atoms with E-state index in [1.165, 1.54) is 34.8 Å². The molecule has 2 aliphatic rings. The van der Waals surface area contributed by atoms with Crippen LogP contribution in [0.25, 0.3) is 0 Å². The molecular weight excluding hydrogens is 395 g/mol. The van der Waals surface area contributed by atoms with Crippen molar-refractivity contribution in [3.05, 3.63) is 41.6 Å². The summed E-state index contributed by atoms with van der Waals surface area (Å²) in [4.78, 5) is 38.4. The number of hydrogen-bond acceptors (Lipinski definition) is 5. The molecule has 2 heterocycles. The summed E-state index contributed by atoms with van der Waals surface area (Å²) in [5.74, 6) is -4.20. The number of halogens is 3. The Bertz CT molecular complexity index is 856. The number of amides is 3. The quantitative estimate of drug-likeness (QED) is 0.577. The van der Waals surface area contributed by atoms with E-state index in [2.05, 4.69) is 0 Å². The molecule has 0 saturated heterocycles. The van der Waals surface area contributed by atoms with E-state index in [-0.39, 0.29) is 25.3 Å². The standard InChI is InChI=1S/C18H18F3N3O5/c19-18(20,21)13-2-1-5-24(17(13)27)10-15(25)23-6-7-29-14-8-11(16(26)22-28)3-4-12(14)9-23/h1,3-5,8,13,28H,2,6-7,9-10H2,(H,22,26). The van der Waals surface area contributed by atoms with Crippen LogP contribution in [0, 0.1) is 5.92 Å². The fraction of sp³-hybridized carbons (Fsp3) is 0.389. The number of benzene rings is 1. The molecule has 1 aromatic rings. The van der Waals surface area contributed by atoms with Crippen LogP contribution in [0.2, 0.25) is 0 Å². The number of hydrogen-bond donors (Lipinski definition) is 2. The molecule has 0 bridgehead atoms. The zero-order valence-electron chi connectivity index (χ0n) is 15.1. The molecule has 0 spiro atoms. The van der Waals surface area contributed by atoms with Crippen LogP contribution in [0.4, 0.5) is 13.2 Å². The first-order valence-electron chi connectivity index (χ1n) is 8.72. The second-order valence-electron chi connectivity index (χ2n) is 6.61. The van der Waals surface area contributed by atoms with E-state index in [0.717, 1.165) is 4.90 Å². The van der Waals surface area contributed by atoms with Crippen LogP contribution in [0.3, 0.4) is 0 Å². The number of hydroxylamine groups is 1. The average molecular weight is 413 g/mol. The highest BCUT2D eigenvalue weighted by Gasteiger charge is 2.47. The number of fused-ring (bicyclic) bond motifs is 1. The van der Waals surface area contributed by atoms with Gasteiger partial charge in [0.1, 0.15) is 24.8 Å². The average Bonchev–Trinajstić information content (AvgIpc) is 2.89. The molecule has 3 rings (SSSR count). The molecule has 0 saturated carbocycles. The summed E-state index contributed by atoms with van der Waals surface area (Å²) >= 11 is 0. The zero-order valence-corrected chi connectivity index (χ0v) is 15.1. The Morgan fingerprint density at radius 3 is 2.76 bits per heavy atom. The Balaban J connectivity index is 1.71. The predicted octanol–water partition coefficient (Wildman–Crippen LogP) is 1.45. The molecule has 0 aromatic heterocycles. The predicted molar refractivity (Wildman–Crippen MR) is 91.6 cm³/mol. The summed E-state index contributed by atoms with van der Waals surface area (Å²) in [6.45, 7) is -0.159. The lowest BCUT2D eigenvalue weighted by Gasteiger charge is -2.30. The van der Waals surface area contributed by atoms with Crippen molar-refractivity contribution in [1.82, 2.24) is 15.3 Å². The molecular formula is C18H18F3N3O5. The van der Waals surface area contributed by atoms with Crippen LogP contribution in [0.5, 0.6) is 5.75 Å². The maximum atomic E-state index is 13.0. The molecule has 3 amide bonds. The second kappa shape index (κ2) is 8.11. The second-order valence-corrected chi connectivity index (χ2v) is 6.61. The number of allylic oxidation sites excluding steroid dienone is 1. The van der Waals surface area contributed by atoms with Crippen molar-refractivity contribution in [2.45, 2.75) is 19.1 Å². The molecule has 8 nitrogen and oxygen atoms in total. The van der Waals surface area contributed by atoms with E-state index in [9.17, 15) is 27.6 Å². The van der Waals surface area contributed by atoms with Gasteiger partial charge in [0, 0.05) is 23.9 Å². The topological polar surface area (TPSA) is 99.2 Å². The summed E-state index contributed by atoms with van der Waals surface area (Å²) in [5, 5.41) is 8.71. The van der Waals surface area contributed by atoms with Crippen LogP contribution in [0.15, 0.2) is 30.5 Å². The third-order valence-corrected chi connectivity index (χ3v) is 4.70. The first-order valence-corrected chi connectivity index (χ1v) is 8.72. The first-order chi connectivity index (χ1) is 13.7. The maximum Gasteiger partial charge on any atom is 0.400 e. The fourth-order valence-corrected chi connectivity index (χ4v) is 3.14. The molecule has 2 aliphatic heterocycles. The van der Waals surface area contributed by atoms with Gasteiger partial charge in [0.25, 0.3) is 5.91 Å². The minimum Gasteiger partial charge on any atom is -0.491 e. The van der Waals surface area contributed by atoms with Crippen LogP contribution < -0.4 is 10.2 Å². The number of ether oxygens (including phenoxy) is 1. The van der Waals surface area contributed by atoms with Gasteiger partial charge in [-0.2, -0.15) is 13.2 Å². The monoisotopic (exact) mass is 413 g/mol. The first kappa shape index (κ1) is 20.6. The molecule has 1 atom stereocenters. The number of carbonyl (C=O) groups is 3. The smallest absolute Gasteiger partial charge is 0.400 e. The lowest BCUT2D eigenvalue weighted by Crippen LogP contribution is -2.47. The number of alkyl halides is 3. The zero-order chi connectivity index (χ0) is 21.2. The lowest BCUT2D eigenvalue weighted by atomic mass is 10.0. The van der Waals surface area contributed by atoms with Crippen molar-refractivity contribution >= 4 is 17.7 Å². The van der Waals surface area contributed by atoms with E-state index < -0.39 is 42.8 Å². The van der Waals surface area contributed by atoms with Crippen molar-refractivity contribution in [3.8, 4) is 5.75 Å². The Labute approximate surface area is 163 Å². The van der Waals surface area contributed by atoms with Gasteiger partial charge in [-0.25, -0.2) is 5.48 Å². The summed E-state index contributed by atoms with van der Waals surface area (Å²) in [6.07, 6.45) is -2.69. The number of nitrogens with one attached hydrogen (secondary N) is 1. The van der Waals surface area contributed by atoms with Gasteiger partial charge in [-0.05, 0) is 18.6 Å². The molecule has 0 radical (unpaired) electrons. The summed E-state index contributed by atoms with van der Waals surface area (Å²) in [6, 6.07) is 4.41. The molecule has 0 fully saturated rings. The van der Waals surface area contributed by atoms with Crippen LogP contribution >= 0.6 is 0 Å². The van der Waals surface area contributed by atoms with Gasteiger partial charge >= 0.3 is 6.18 Å². The molecule has 156 valence electrons. The van der Waals surface area contributed by atoms with E-state index in [4.69, 9.17) is 9.94 Å². The largest absolute Gasteiger partial charge is 0.491 e. The van der Waals surface area contributed by atoms with E-state index in [0.29, 0.717) is 11.3 Å². The SMILES string of the molecule is O=C(NO)c1ccc2c(c1)OCCN(C(=O)CN1C=CCC(C(F)(F)F)C1=O)C2. The number of rotatable bonds is 3. The van der Waals surface area contributed by atoms with E-state index in [1.54, 1.807) is 6.07 Å². The normalized spacial score (nSPS) is 19.3. The molecule has 11 heteroatoms. The van der Waals surface area contributed by atoms with Crippen molar-refractivity contribution in [2.24, 2.45) is 5.92 Å². The van der Waals surface area contributed by atoms with Gasteiger partial charge < -0.3 is 14.5 Å². The highest BCUT2D eigenvalue weighted by Crippen LogP contribution is 2.33. The molecule has 2 N–H and O–H groups in total. The molecule has 29 heavy (non-hydrogen) atoms. The number of nitrogens with zero attached hydrogens (tertiary/aromatic N) is 2. The van der Waals surface area contributed by atoms with Gasteiger partial charge in [-0.3, -0.25) is 19.6 Å². The molecule has 0 aliphatic carbocycles. The molecule has 1 aromatic carbocycles. The fourth-order valence-electron chi connectivity index (χ4n) is 3.14. The third kappa shape index (κ3) is 4.50. The van der Waals surface area contributed by atoms with Crippen molar-refractivity contribution < 1.29 is 37.5 Å². The Hall–Kier alpha value is -3.08.